The molecule has 1 heterocycles. The number of hydrogen-bond donors (Lipinski definition) is 14. The fourth-order valence-electron chi connectivity index (χ4n) is 2.42. The van der Waals surface area contributed by atoms with E-state index in [9.17, 15) is 9.59 Å². The van der Waals surface area contributed by atoms with Crippen LogP contribution < -0.4 is 22.5 Å². The molecule has 0 bridgehead atoms. The van der Waals surface area contributed by atoms with Crippen LogP contribution in [0.4, 0.5) is 0 Å². The maximum atomic E-state index is 9.84. The molecule has 1 rings (SSSR count). The van der Waals surface area contributed by atoms with Gasteiger partial charge in [-0.2, -0.15) is 0 Å². The van der Waals surface area contributed by atoms with Gasteiger partial charge in [-0.15, -0.1) is 0 Å². The topological polar surface area (TPSA) is 327 Å². The number of hydrogen-bond acceptors (Lipinski definition) is 14. The normalized spacial score (nSPS) is 16.7. The van der Waals surface area contributed by atoms with Crippen molar-refractivity contribution in [2.75, 3.05) is 45.9 Å². The Morgan fingerprint density at radius 3 is 1.23 bits per heavy atom. The van der Waals surface area contributed by atoms with Crippen molar-refractivity contribution >= 4 is 11.9 Å². The van der Waals surface area contributed by atoms with Crippen molar-refractivity contribution in [1.82, 2.24) is 5.32 Å². The van der Waals surface area contributed by atoms with Gasteiger partial charge in [0.2, 0.25) is 0 Å². The minimum absolute atomic E-state index is 0.0648. The van der Waals surface area contributed by atoms with Crippen LogP contribution in [0.25, 0.3) is 0 Å². The zero-order chi connectivity index (χ0) is 34.6. The van der Waals surface area contributed by atoms with E-state index >= 15 is 0 Å². The number of nitrogens with one attached hydrogen (secondary N) is 1. The molecule has 43 heavy (non-hydrogen) atoms. The van der Waals surface area contributed by atoms with Crippen LogP contribution in [0.15, 0.2) is 0 Å². The van der Waals surface area contributed by atoms with Crippen molar-refractivity contribution < 1.29 is 60.7 Å². The standard InChI is InChI=1S/C5H13NO.C5H10O3.C5H12O2.C4H9NO3.C4H11NO2.C4H9NO/c1-2-5(7)3-4-6;1-2-3-4(6)5(7)8;1-2-3-5(7)4-6;5-2-1-3(6)4(7)8;5-2-1-4(7)3-6;6-4-1-2-5-3-4/h5,7H,2-4,6H2,1H3;4,6H,2-3H2,1H3,(H,7,8);5-7H,2-4H2,1H3;3,6H,1-2,5H2,(H,7,8);4,6-7H,1-3,5H2;4-6H,1-3H2/t5-;4-;;3-;2*4-/m10.000/s1. The van der Waals surface area contributed by atoms with Crippen LogP contribution in [0.2, 0.25) is 0 Å². The van der Waals surface area contributed by atoms with Crippen molar-refractivity contribution in [3.05, 3.63) is 0 Å². The van der Waals surface area contributed by atoms with Crippen molar-refractivity contribution in [2.24, 2.45) is 17.2 Å². The van der Waals surface area contributed by atoms with Gasteiger partial charge in [0.15, 0.2) is 12.2 Å². The highest BCUT2D eigenvalue weighted by Crippen LogP contribution is 1.95. The molecule has 16 heteroatoms. The third kappa shape index (κ3) is 50.4. The summed E-state index contributed by atoms with van der Waals surface area (Å²) in [4.78, 5) is 19.6. The van der Waals surface area contributed by atoms with Crippen LogP contribution in [0, 0.1) is 0 Å². The Bertz CT molecular complexity index is 512. The molecule has 1 unspecified atom stereocenters. The highest BCUT2D eigenvalue weighted by molar-refractivity contribution is 5.72. The second-order valence-electron chi connectivity index (χ2n) is 9.40. The first-order chi connectivity index (χ1) is 20.2. The summed E-state index contributed by atoms with van der Waals surface area (Å²) in [5.41, 5.74) is 15.1. The Balaban J connectivity index is -0.000000135. The Labute approximate surface area is 256 Å². The summed E-state index contributed by atoms with van der Waals surface area (Å²) >= 11 is 0. The number of aliphatic carboxylic acids is 2. The first kappa shape index (κ1) is 51.1. The minimum Gasteiger partial charge on any atom is -0.479 e. The molecule has 16 nitrogen and oxygen atoms in total. The van der Waals surface area contributed by atoms with Gasteiger partial charge in [-0.05, 0) is 71.1 Å². The summed E-state index contributed by atoms with van der Waals surface area (Å²) in [5, 5.41) is 87.0. The molecule has 0 aliphatic carbocycles. The van der Waals surface area contributed by atoms with E-state index in [-0.39, 0.29) is 38.4 Å². The number of aliphatic hydroxyl groups excluding tert-OH is 8. The second-order valence-corrected chi connectivity index (χ2v) is 9.40. The van der Waals surface area contributed by atoms with E-state index in [1.807, 2.05) is 20.8 Å². The Morgan fingerprint density at radius 2 is 1.09 bits per heavy atom. The molecule has 264 valence electrons. The molecular weight excluding hydrogens is 572 g/mol. The molecular formula is C27H64N4O12. The molecule has 0 saturated carbocycles. The maximum absolute atomic E-state index is 9.84. The average Bonchev–Trinajstić information content (AvgIpc) is 3.46. The molecule has 1 saturated heterocycles. The zero-order valence-electron chi connectivity index (χ0n) is 26.3. The molecule has 0 amide bonds. The molecule has 6 atom stereocenters. The fourth-order valence-corrected chi connectivity index (χ4v) is 2.42. The number of rotatable bonds is 15. The summed E-state index contributed by atoms with van der Waals surface area (Å²) in [5.74, 6) is -2.35. The fraction of sp³-hybridized carbons (Fsp3) is 0.926. The molecule has 0 aromatic heterocycles. The van der Waals surface area contributed by atoms with E-state index in [0.29, 0.717) is 38.8 Å². The molecule has 17 N–H and O–H groups in total. The van der Waals surface area contributed by atoms with Gasteiger partial charge in [0, 0.05) is 6.54 Å². The van der Waals surface area contributed by atoms with Crippen LogP contribution in [0.5, 0.6) is 0 Å². The van der Waals surface area contributed by atoms with Gasteiger partial charge in [0.1, 0.15) is 0 Å². The maximum Gasteiger partial charge on any atom is 0.332 e. The van der Waals surface area contributed by atoms with Gasteiger partial charge in [-0.3, -0.25) is 0 Å². The lowest BCUT2D eigenvalue weighted by molar-refractivity contribution is -0.147. The van der Waals surface area contributed by atoms with Gasteiger partial charge in [-0.25, -0.2) is 9.59 Å². The highest BCUT2D eigenvalue weighted by Gasteiger charge is 2.10. The second kappa shape index (κ2) is 40.5. The van der Waals surface area contributed by atoms with Crippen molar-refractivity contribution in [3.63, 3.8) is 0 Å². The molecule has 1 fully saturated rings. The Hall–Kier alpha value is -1.54. The van der Waals surface area contributed by atoms with Gasteiger partial charge >= 0.3 is 11.9 Å². The number of aliphatic hydroxyl groups is 8. The zero-order valence-corrected chi connectivity index (χ0v) is 26.3. The molecule has 0 aromatic carbocycles. The third-order valence-corrected chi connectivity index (χ3v) is 5.12. The number of carbonyl (C=O) groups is 2. The summed E-state index contributed by atoms with van der Waals surface area (Å²) in [7, 11) is 0. The molecule has 0 spiro atoms. The van der Waals surface area contributed by atoms with Gasteiger partial charge < -0.3 is 73.6 Å². The van der Waals surface area contributed by atoms with Crippen molar-refractivity contribution in [2.45, 2.75) is 115 Å². The molecule has 0 aromatic rings. The van der Waals surface area contributed by atoms with Gasteiger partial charge in [0.05, 0.1) is 37.6 Å². The molecule has 1 aliphatic heterocycles. The van der Waals surface area contributed by atoms with E-state index in [4.69, 9.17) is 68.3 Å². The highest BCUT2D eigenvalue weighted by atomic mass is 16.4. The predicted molar refractivity (Wildman–Crippen MR) is 164 cm³/mol. The lowest BCUT2D eigenvalue weighted by Crippen LogP contribution is -2.22. The van der Waals surface area contributed by atoms with Gasteiger partial charge in [-0.1, -0.05) is 33.6 Å². The monoisotopic (exact) mass is 636 g/mol. The van der Waals surface area contributed by atoms with Crippen LogP contribution in [-0.2, 0) is 9.59 Å². The largest absolute Gasteiger partial charge is 0.479 e. The SMILES string of the molecule is CCCC(O)CO.CCC[C@H](O)C(=O)O.CC[C@@H](O)CCN.NCC[C@H](O)C(=O)O.NCC[C@H](O)CO.O[C@H]1CCNC1. The van der Waals surface area contributed by atoms with E-state index in [2.05, 4.69) is 5.32 Å². The van der Waals surface area contributed by atoms with Crippen molar-refractivity contribution in [1.29, 1.82) is 0 Å². The summed E-state index contributed by atoms with van der Waals surface area (Å²) < 4.78 is 0. The van der Waals surface area contributed by atoms with Gasteiger partial charge in [0.25, 0.3) is 0 Å². The minimum atomic E-state index is -1.29. The molecule has 0 radical (unpaired) electrons. The van der Waals surface area contributed by atoms with Crippen LogP contribution >= 0.6 is 0 Å². The van der Waals surface area contributed by atoms with Crippen LogP contribution in [0.3, 0.4) is 0 Å². The third-order valence-electron chi connectivity index (χ3n) is 5.12. The lowest BCUT2D eigenvalue weighted by atomic mass is 10.2. The smallest absolute Gasteiger partial charge is 0.332 e. The lowest BCUT2D eigenvalue weighted by Gasteiger charge is -2.01. The summed E-state index contributed by atoms with van der Waals surface area (Å²) in [6.07, 6.45) is 1.95. The average molecular weight is 637 g/mol. The Morgan fingerprint density at radius 1 is 0.698 bits per heavy atom. The first-order valence-corrected chi connectivity index (χ1v) is 14.8. The van der Waals surface area contributed by atoms with E-state index < -0.39 is 36.4 Å². The van der Waals surface area contributed by atoms with E-state index in [1.54, 1.807) is 0 Å². The summed E-state index contributed by atoms with van der Waals surface area (Å²) in [6, 6.07) is 0. The predicted octanol–water partition coefficient (Wildman–Crippen LogP) is -2.71. The van der Waals surface area contributed by atoms with Crippen LogP contribution in [-0.4, -0.2) is 146 Å². The van der Waals surface area contributed by atoms with Crippen molar-refractivity contribution in [3.8, 4) is 0 Å². The van der Waals surface area contributed by atoms with E-state index in [0.717, 1.165) is 38.8 Å². The summed E-state index contributed by atoms with van der Waals surface area (Å²) in [6.45, 7) is 8.46. The molecule has 1 aliphatic rings. The number of carboxylic acids is 2. The number of β-amino-alcohol motifs (C(OH)–C–C–N with tert-alkyl or cyclic N) is 1. The van der Waals surface area contributed by atoms with Crippen LogP contribution in [0.1, 0.15) is 78.6 Å². The number of carboxylic acid groups (broad SMARTS) is 2. The van der Waals surface area contributed by atoms with E-state index in [1.165, 1.54) is 0 Å². The first-order valence-electron chi connectivity index (χ1n) is 14.8. The number of nitrogens with two attached hydrogens (primary N) is 3. The quantitative estimate of drug-likeness (QED) is 0.0868. The Kier molecular flexibility index (Phi) is 48.0.